The summed E-state index contributed by atoms with van der Waals surface area (Å²) in [6.07, 6.45) is 3.12. The van der Waals surface area contributed by atoms with Gasteiger partial charge in [0.1, 0.15) is 11.5 Å². The molecule has 0 saturated carbocycles. The Bertz CT molecular complexity index is 863. The highest BCUT2D eigenvalue weighted by atomic mass is 19.1. The van der Waals surface area contributed by atoms with Gasteiger partial charge in [0.15, 0.2) is 0 Å². The summed E-state index contributed by atoms with van der Waals surface area (Å²) in [6.45, 7) is 7.23. The lowest BCUT2D eigenvalue weighted by molar-refractivity contribution is -0.143. The standard InChI is InChI=1S/C22H27FN4O3/c1-15-10-25-20(11-24-15)22(29)26(14-18-4-6-19(23)7-5-18)9-8-21(28)27-12-16(2)30-17(3)13-27/h4-7,10-11,16-17H,8-9,12-14H2,1-3H3. The third-order valence-corrected chi connectivity index (χ3v) is 4.94. The molecule has 0 spiro atoms. The van der Waals surface area contributed by atoms with Crippen molar-refractivity contribution in [3.63, 3.8) is 0 Å². The summed E-state index contributed by atoms with van der Waals surface area (Å²) in [7, 11) is 0. The molecule has 2 amide bonds. The molecule has 1 fully saturated rings. The number of halogens is 1. The van der Waals surface area contributed by atoms with Crippen molar-refractivity contribution in [1.29, 1.82) is 0 Å². The topological polar surface area (TPSA) is 75.6 Å². The molecular formula is C22H27FN4O3. The van der Waals surface area contributed by atoms with Gasteiger partial charge in [-0.15, -0.1) is 0 Å². The number of nitrogens with zero attached hydrogens (tertiary/aromatic N) is 4. The van der Waals surface area contributed by atoms with Crippen molar-refractivity contribution in [3.8, 4) is 0 Å². The van der Waals surface area contributed by atoms with E-state index < -0.39 is 0 Å². The van der Waals surface area contributed by atoms with E-state index in [-0.39, 0.29) is 55.0 Å². The minimum Gasteiger partial charge on any atom is -0.372 e. The number of carbonyl (C=O) groups is 2. The van der Waals surface area contributed by atoms with Crippen LogP contribution < -0.4 is 0 Å². The average molecular weight is 414 g/mol. The highest BCUT2D eigenvalue weighted by Crippen LogP contribution is 2.14. The quantitative estimate of drug-likeness (QED) is 0.726. The average Bonchev–Trinajstić information content (AvgIpc) is 2.71. The summed E-state index contributed by atoms with van der Waals surface area (Å²) in [4.78, 5) is 37.4. The number of morpholine rings is 1. The van der Waals surface area contributed by atoms with Crippen LogP contribution >= 0.6 is 0 Å². The molecule has 0 bridgehead atoms. The molecule has 1 aliphatic rings. The van der Waals surface area contributed by atoms with Crippen molar-refractivity contribution in [2.24, 2.45) is 0 Å². The smallest absolute Gasteiger partial charge is 0.274 e. The molecule has 2 aromatic rings. The first-order valence-corrected chi connectivity index (χ1v) is 10.1. The van der Waals surface area contributed by atoms with Gasteiger partial charge in [-0.3, -0.25) is 14.6 Å². The maximum atomic E-state index is 13.2. The summed E-state index contributed by atoms with van der Waals surface area (Å²) < 4.78 is 18.9. The Morgan fingerprint density at radius 2 is 1.80 bits per heavy atom. The molecule has 2 unspecified atom stereocenters. The van der Waals surface area contributed by atoms with Crippen LogP contribution in [0.15, 0.2) is 36.7 Å². The van der Waals surface area contributed by atoms with E-state index in [1.807, 2.05) is 13.8 Å². The third kappa shape index (κ3) is 5.82. The third-order valence-electron chi connectivity index (χ3n) is 4.94. The van der Waals surface area contributed by atoms with Gasteiger partial charge in [-0.05, 0) is 38.5 Å². The first-order valence-electron chi connectivity index (χ1n) is 10.1. The van der Waals surface area contributed by atoms with E-state index in [0.29, 0.717) is 18.8 Å². The SMILES string of the molecule is Cc1cnc(C(=O)N(CCC(=O)N2CC(C)OC(C)C2)Cc2ccc(F)cc2)cn1. The van der Waals surface area contributed by atoms with E-state index in [1.54, 1.807) is 28.9 Å². The Labute approximate surface area is 175 Å². The van der Waals surface area contributed by atoms with Gasteiger partial charge in [-0.1, -0.05) is 12.1 Å². The predicted molar refractivity (Wildman–Crippen MR) is 109 cm³/mol. The Morgan fingerprint density at radius 1 is 1.13 bits per heavy atom. The first kappa shape index (κ1) is 21.8. The molecule has 30 heavy (non-hydrogen) atoms. The number of aryl methyl sites for hydroxylation is 1. The van der Waals surface area contributed by atoms with Crippen LogP contribution in [-0.2, 0) is 16.1 Å². The van der Waals surface area contributed by atoms with E-state index >= 15 is 0 Å². The number of carbonyl (C=O) groups excluding carboxylic acids is 2. The minimum absolute atomic E-state index is 0.0162. The molecule has 160 valence electrons. The number of benzene rings is 1. The van der Waals surface area contributed by atoms with E-state index in [2.05, 4.69) is 9.97 Å². The van der Waals surface area contributed by atoms with Gasteiger partial charge < -0.3 is 14.5 Å². The van der Waals surface area contributed by atoms with Crippen molar-refractivity contribution in [2.45, 2.75) is 45.9 Å². The molecule has 3 rings (SSSR count). The zero-order valence-corrected chi connectivity index (χ0v) is 17.5. The molecule has 0 aliphatic carbocycles. The lowest BCUT2D eigenvalue weighted by Gasteiger charge is -2.35. The van der Waals surface area contributed by atoms with Gasteiger partial charge in [-0.25, -0.2) is 9.37 Å². The number of amides is 2. The molecule has 1 aliphatic heterocycles. The number of aromatic nitrogens is 2. The van der Waals surface area contributed by atoms with Crippen LogP contribution in [0, 0.1) is 12.7 Å². The molecule has 7 nitrogen and oxygen atoms in total. The van der Waals surface area contributed by atoms with Crippen molar-refractivity contribution < 1.29 is 18.7 Å². The van der Waals surface area contributed by atoms with Crippen LogP contribution in [0.2, 0.25) is 0 Å². The minimum atomic E-state index is -0.341. The molecule has 2 atom stereocenters. The van der Waals surface area contributed by atoms with Crippen molar-refractivity contribution in [3.05, 3.63) is 59.4 Å². The number of rotatable bonds is 6. The zero-order chi connectivity index (χ0) is 21.7. The fraction of sp³-hybridized carbons (Fsp3) is 0.455. The number of hydrogen-bond donors (Lipinski definition) is 0. The second-order valence-electron chi connectivity index (χ2n) is 7.70. The largest absolute Gasteiger partial charge is 0.372 e. The summed E-state index contributed by atoms with van der Waals surface area (Å²) >= 11 is 0. The summed E-state index contributed by atoms with van der Waals surface area (Å²) in [5, 5.41) is 0. The zero-order valence-electron chi connectivity index (χ0n) is 17.5. The van der Waals surface area contributed by atoms with Gasteiger partial charge in [-0.2, -0.15) is 0 Å². The molecule has 1 aromatic carbocycles. The van der Waals surface area contributed by atoms with Crippen LogP contribution in [0.1, 0.15) is 42.0 Å². The van der Waals surface area contributed by atoms with Gasteiger partial charge >= 0.3 is 0 Å². The molecular weight excluding hydrogens is 387 g/mol. The highest BCUT2D eigenvalue weighted by Gasteiger charge is 2.27. The fourth-order valence-electron chi connectivity index (χ4n) is 3.50. The highest BCUT2D eigenvalue weighted by molar-refractivity contribution is 5.92. The second-order valence-corrected chi connectivity index (χ2v) is 7.70. The monoisotopic (exact) mass is 414 g/mol. The van der Waals surface area contributed by atoms with Gasteiger partial charge in [0.05, 0.1) is 24.1 Å². The Balaban J connectivity index is 1.71. The molecule has 1 aromatic heterocycles. The van der Waals surface area contributed by atoms with Gasteiger partial charge in [0.25, 0.3) is 5.91 Å². The molecule has 8 heteroatoms. The summed E-state index contributed by atoms with van der Waals surface area (Å²) in [5.74, 6) is -0.681. The van der Waals surface area contributed by atoms with E-state index in [1.165, 1.54) is 24.5 Å². The van der Waals surface area contributed by atoms with Gasteiger partial charge in [0.2, 0.25) is 5.91 Å². The predicted octanol–water partition coefficient (Wildman–Crippen LogP) is 2.59. The summed E-state index contributed by atoms with van der Waals surface area (Å²) in [6, 6.07) is 5.96. The molecule has 0 radical (unpaired) electrons. The van der Waals surface area contributed by atoms with Crippen LogP contribution in [0.25, 0.3) is 0 Å². The number of hydrogen-bond acceptors (Lipinski definition) is 5. The van der Waals surface area contributed by atoms with Crippen molar-refractivity contribution in [2.75, 3.05) is 19.6 Å². The maximum absolute atomic E-state index is 13.2. The molecule has 2 heterocycles. The van der Waals surface area contributed by atoms with Crippen LogP contribution in [0.3, 0.4) is 0 Å². The van der Waals surface area contributed by atoms with E-state index in [0.717, 1.165) is 5.56 Å². The lowest BCUT2D eigenvalue weighted by atomic mass is 10.1. The van der Waals surface area contributed by atoms with Crippen LogP contribution in [-0.4, -0.2) is 63.4 Å². The number of ether oxygens (including phenoxy) is 1. The van der Waals surface area contributed by atoms with Crippen LogP contribution in [0.4, 0.5) is 4.39 Å². The normalized spacial score (nSPS) is 18.9. The Kier molecular flexibility index (Phi) is 7.10. The van der Waals surface area contributed by atoms with Crippen LogP contribution in [0.5, 0.6) is 0 Å². The van der Waals surface area contributed by atoms with E-state index in [9.17, 15) is 14.0 Å². The van der Waals surface area contributed by atoms with Crippen molar-refractivity contribution in [1.82, 2.24) is 19.8 Å². The Morgan fingerprint density at radius 3 is 2.40 bits per heavy atom. The maximum Gasteiger partial charge on any atom is 0.274 e. The molecule has 0 N–H and O–H groups in total. The van der Waals surface area contributed by atoms with Gasteiger partial charge in [0, 0.05) is 38.8 Å². The van der Waals surface area contributed by atoms with Crippen molar-refractivity contribution >= 4 is 11.8 Å². The summed E-state index contributed by atoms with van der Waals surface area (Å²) in [5.41, 5.74) is 1.69. The second kappa shape index (κ2) is 9.75. The lowest BCUT2D eigenvalue weighted by Crippen LogP contribution is -2.49. The Hall–Kier alpha value is -2.87. The fourth-order valence-corrected chi connectivity index (χ4v) is 3.50. The van der Waals surface area contributed by atoms with E-state index in [4.69, 9.17) is 4.74 Å². The first-order chi connectivity index (χ1) is 14.3. The molecule has 1 saturated heterocycles.